The highest BCUT2D eigenvalue weighted by Gasteiger charge is 2.41. The molecule has 2 aliphatic rings. The van der Waals surface area contributed by atoms with E-state index in [0.717, 1.165) is 38.2 Å². The molecule has 0 saturated carbocycles. The van der Waals surface area contributed by atoms with Gasteiger partial charge in [-0.3, -0.25) is 0 Å². The van der Waals surface area contributed by atoms with E-state index < -0.39 is 0 Å². The Morgan fingerprint density at radius 2 is 2.22 bits per heavy atom. The minimum Gasteiger partial charge on any atom is -0.382 e. The van der Waals surface area contributed by atoms with Crippen LogP contribution in [-0.4, -0.2) is 52.1 Å². The number of nitrogens with zero attached hydrogens (tertiary/aromatic N) is 1. The van der Waals surface area contributed by atoms with Gasteiger partial charge in [-0.05, 0) is 43.4 Å². The van der Waals surface area contributed by atoms with Crippen LogP contribution >= 0.6 is 0 Å². The Morgan fingerprint density at radius 3 is 3.04 bits per heavy atom. The Bertz CT molecular complexity index is 500. The quantitative estimate of drug-likeness (QED) is 0.782. The van der Waals surface area contributed by atoms with Crippen molar-refractivity contribution < 1.29 is 13.9 Å². The highest BCUT2D eigenvalue weighted by molar-refractivity contribution is 5.49. The van der Waals surface area contributed by atoms with E-state index >= 15 is 0 Å². The van der Waals surface area contributed by atoms with Gasteiger partial charge in [0.15, 0.2) is 0 Å². The summed E-state index contributed by atoms with van der Waals surface area (Å²) < 4.78 is 24.3. The number of benzene rings is 1. The number of ether oxygens (including phenoxy) is 2. The van der Waals surface area contributed by atoms with Crippen LogP contribution in [0.4, 0.5) is 10.1 Å². The van der Waals surface area contributed by atoms with Gasteiger partial charge in [-0.2, -0.15) is 0 Å². The van der Waals surface area contributed by atoms with E-state index in [-0.39, 0.29) is 5.82 Å². The third kappa shape index (κ3) is 4.03. The van der Waals surface area contributed by atoms with Crippen molar-refractivity contribution in [2.75, 3.05) is 44.9 Å². The first-order valence-electron chi connectivity index (χ1n) is 8.62. The number of nitrogens with one attached hydrogen (secondary N) is 1. The summed E-state index contributed by atoms with van der Waals surface area (Å²) in [5.74, 6) is 0.390. The van der Waals surface area contributed by atoms with E-state index in [0.29, 0.717) is 31.2 Å². The average molecular weight is 322 g/mol. The van der Waals surface area contributed by atoms with E-state index in [1.807, 2.05) is 6.07 Å². The maximum absolute atomic E-state index is 13.6. The first-order chi connectivity index (χ1) is 11.3. The molecule has 1 unspecified atom stereocenters. The van der Waals surface area contributed by atoms with Gasteiger partial charge >= 0.3 is 0 Å². The van der Waals surface area contributed by atoms with Crippen LogP contribution in [0.1, 0.15) is 19.3 Å². The fourth-order valence-electron chi connectivity index (χ4n) is 3.96. The fraction of sp³-hybridized carbons (Fsp3) is 0.667. The minimum atomic E-state index is -0.157. The van der Waals surface area contributed by atoms with Crippen LogP contribution in [0.2, 0.25) is 0 Å². The number of hydrogen-bond acceptors (Lipinski definition) is 4. The summed E-state index contributed by atoms with van der Waals surface area (Å²) in [6.45, 7) is 4.08. The zero-order valence-electron chi connectivity index (χ0n) is 13.8. The normalized spacial score (nSPS) is 27.2. The number of piperidine rings is 1. The lowest BCUT2D eigenvalue weighted by molar-refractivity contribution is 0.0633. The van der Waals surface area contributed by atoms with Gasteiger partial charge in [0, 0.05) is 44.6 Å². The second kappa shape index (κ2) is 8.08. The summed E-state index contributed by atoms with van der Waals surface area (Å²) in [5, 5.41) is 3.66. The van der Waals surface area contributed by atoms with E-state index in [4.69, 9.17) is 9.47 Å². The Labute approximate surface area is 138 Å². The van der Waals surface area contributed by atoms with Crippen molar-refractivity contribution in [2.45, 2.75) is 31.3 Å². The van der Waals surface area contributed by atoms with Gasteiger partial charge in [0.05, 0.1) is 13.2 Å². The molecule has 2 aliphatic heterocycles. The summed E-state index contributed by atoms with van der Waals surface area (Å²) in [6.07, 6.45) is 3.39. The molecule has 2 heterocycles. The smallest absolute Gasteiger partial charge is 0.125 e. The molecule has 2 saturated heterocycles. The summed E-state index contributed by atoms with van der Waals surface area (Å²) >= 11 is 0. The summed E-state index contributed by atoms with van der Waals surface area (Å²) in [5.41, 5.74) is 1.01. The number of fused-ring (bicyclic) bond motifs is 1. The van der Waals surface area contributed by atoms with Crippen LogP contribution in [0.3, 0.4) is 0 Å². The molecule has 128 valence electrons. The Balaban J connectivity index is 1.64. The monoisotopic (exact) mass is 322 g/mol. The second-order valence-electron chi connectivity index (χ2n) is 6.47. The van der Waals surface area contributed by atoms with Gasteiger partial charge in [-0.1, -0.05) is 6.07 Å². The lowest BCUT2D eigenvalue weighted by Crippen LogP contribution is -2.51. The van der Waals surface area contributed by atoms with Crippen LogP contribution in [0.5, 0.6) is 0 Å². The number of hydrogen-bond donors (Lipinski definition) is 1. The average Bonchev–Trinajstić information content (AvgIpc) is 2.98. The first-order valence-corrected chi connectivity index (χ1v) is 8.62. The number of rotatable bonds is 7. The molecule has 1 aromatic carbocycles. The topological polar surface area (TPSA) is 33.7 Å². The van der Waals surface area contributed by atoms with Crippen LogP contribution in [0, 0.1) is 11.7 Å². The van der Waals surface area contributed by atoms with Crippen molar-refractivity contribution in [3.63, 3.8) is 0 Å². The molecule has 3 atom stereocenters. The van der Waals surface area contributed by atoms with Crippen LogP contribution in [-0.2, 0) is 9.47 Å². The predicted octanol–water partition coefficient (Wildman–Crippen LogP) is 2.44. The maximum Gasteiger partial charge on any atom is 0.125 e. The SMILES string of the molecule is COCCOCCC1CN[C@@H]2CCCN(c3cccc(F)c3)[C@H]12. The van der Waals surface area contributed by atoms with Crippen molar-refractivity contribution >= 4 is 5.69 Å². The molecule has 0 spiro atoms. The highest BCUT2D eigenvalue weighted by Crippen LogP contribution is 2.34. The lowest BCUT2D eigenvalue weighted by Gasteiger charge is -2.41. The molecule has 1 N–H and O–H groups in total. The molecule has 2 fully saturated rings. The predicted molar refractivity (Wildman–Crippen MR) is 89.4 cm³/mol. The van der Waals surface area contributed by atoms with Crippen molar-refractivity contribution in [3.05, 3.63) is 30.1 Å². The standard InChI is InChI=1S/C18H27FN2O2/c1-22-10-11-23-9-7-14-13-20-17-6-3-8-21(18(14)17)16-5-2-4-15(19)12-16/h2,4-5,12,14,17-18,20H,3,6-11,13H2,1H3/t14?,17-,18-/m1/s1. The molecule has 1 aromatic rings. The molecular formula is C18H27FN2O2. The van der Waals surface area contributed by atoms with E-state index in [1.54, 1.807) is 19.2 Å². The summed E-state index contributed by atoms with van der Waals surface area (Å²) in [6, 6.07) is 7.95. The number of methoxy groups -OCH3 is 1. The zero-order valence-corrected chi connectivity index (χ0v) is 13.8. The molecule has 0 radical (unpaired) electrons. The third-order valence-corrected chi connectivity index (χ3v) is 5.02. The zero-order chi connectivity index (χ0) is 16.1. The fourth-order valence-corrected chi connectivity index (χ4v) is 3.96. The molecule has 23 heavy (non-hydrogen) atoms. The molecule has 0 aliphatic carbocycles. The van der Waals surface area contributed by atoms with E-state index in [2.05, 4.69) is 10.2 Å². The summed E-state index contributed by atoms with van der Waals surface area (Å²) in [7, 11) is 1.69. The minimum absolute atomic E-state index is 0.157. The Hall–Kier alpha value is -1.17. The van der Waals surface area contributed by atoms with Crippen molar-refractivity contribution in [3.8, 4) is 0 Å². The Kier molecular flexibility index (Phi) is 5.86. The molecule has 0 aromatic heterocycles. The molecular weight excluding hydrogens is 295 g/mol. The number of halogens is 1. The van der Waals surface area contributed by atoms with E-state index in [9.17, 15) is 4.39 Å². The van der Waals surface area contributed by atoms with Crippen LogP contribution in [0.25, 0.3) is 0 Å². The van der Waals surface area contributed by atoms with Gasteiger partial charge < -0.3 is 19.7 Å². The highest BCUT2D eigenvalue weighted by atomic mass is 19.1. The first kappa shape index (κ1) is 16.7. The molecule has 0 amide bonds. The third-order valence-electron chi connectivity index (χ3n) is 5.02. The van der Waals surface area contributed by atoms with Gasteiger partial charge in [-0.25, -0.2) is 4.39 Å². The van der Waals surface area contributed by atoms with Crippen molar-refractivity contribution in [1.82, 2.24) is 5.32 Å². The van der Waals surface area contributed by atoms with Crippen molar-refractivity contribution in [2.24, 2.45) is 5.92 Å². The summed E-state index contributed by atoms with van der Waals surface area (Å²) in [4.78, 5) is 2.40. The molecule has 3 rings (SSSR count). The lowest BCUT2D eigenvalue weighted by atomic mass is 9.88. The van der Waals surface area contributed by atoms with Gasteiger partial charge in [0.1, 0.15) is 5.82 Å². The number of anilines is 1. The molecule has 5 heteroatoms. The van der Waals surface area contributed by atoms with Crippen LogP contribution < -0.4 is 10.2 Å². The van der Waals surface area contributed by atoms with Gasteiger partial charge in [-0.15, -0.1) is 0 Å². The Morgan fingerprint density at radius 1 is 1.30 bits per heavy atom. The van der Waals surface area contributed by atoms with E-state index in [1.165, 1.54) is 12.5 Å². The maximum atomic E-state index is 13.6. The van der Waals surface area contributed by atoms with Crippen molar-refractivity contribution in [1.29, 1.82) is 0 Å². The molecule has 4 nitrogen and oxygen atoms in total. The second-order valence-corrected chi connectivity index (χ2v) is 6.47. The molecule has 0 bridgehead atoms. The van der Waals surface area contributed by atoms with Crippen LogP contribution in [0.15, 0.2) is 24.3 Å². The van der Waals surface area contributed by atoms with Gasteiger partial charge in [0.25, 0.3) is 0 Å². The van der Waals surface area contributed by atoms with Gasteiger partial charge in [0.2, 0.25) is 0 Å². The largest absolute Gasteiger partial charge is 0.382 e.